The van der Waals surface area contributed by atoms with Crippen LogP contribution in [-0.4, -0.2) is 5.92 Å². The van der Waals surface area contributed by atoms with Crippen LogP contribution in [0.3, 0.4) is 0 Å². The number of alkyl halides is 2. The lowest BCUT2D eigenvalue weighted by molar-refractivity contribution is -0.0122. The molecule has 0 saturated carbocycles. The van der Waals surface area contributed by atoms with Gasteiger partial charge in [0.05, 0.1) is 3.79 Å². The maximum atomic E-state index is 13.2. The Morgan fingerprint density at radius 1 is 1.47 bits per heavy atom. The molecule has 15 heavy (non-hydrogen) atoms. The van der Waals surface area contributed by atoms with Crippen molar-refractivity contribution in [3.63, 3.8) is 0 Å². The van der Waals surface area contributed by atoms with Crippen LogP contribution >= 0.6 is 27.3 Å². The third kappa shape index (κ3) is 2.02. The first-order valence-electron chi connectivity index (χ1n) is 4.74. The number of hydrogen-bond donors (Lipinski definition) is 0. The monoisotopic (exact) mass is 292 g/mol. The molecule has 0 N–H and O–H groups in total. The Morgan fingerprint density at radius 2 is 2.13 bits per heavy atom. The highest BCUT2D eigenvalue weighted by molar-refractivity contribution is 9.11. The summed E-state index contributed by atoms with van der Waals surface area (Å²) in [5.74, 6) is -2.54. The second-order valence-electron chi connectivity index (χ2n) is 3.98. The normalized spacial score (nSPS) is 18.7. The third-order valence-electron chi connectivity index (χ3n) is 2.63. The summed E-state index contributed by atoms with van der Waals surface area (Å²) in [6, 6.07) is 0. The zero-order chi connectivity index (χ0) is 11.2. The summed E-state index contributed by atoms with van der Waals surface area (Å²) in [6.07, 6.45) is 0.294. The minimum absolute atomic E-state index is 0.0382. The molecule has 1 aromatic rings. The van der Waals surface area contributed by atoms with Crippen molar-refractivity contribution in [2.24, 2.45) is 0 Å². The summed E-state index contributed by atoms with van der Waals surface area (Å²) in [6.45, 7) is 5.81. The summed E-state index contributed by atoms with van der Waals surface area (Å²) >= 11 is 4.89. The summed E-state index contributed by atoms with van der Waals surface area (Å²) in [4.78, 5) is 1.08. The zero-order valence-electron chi connectivity index (χ0n) is 8.37. The molecule has 2 rings (SSSR count). The van der Waals surface area contributed by atoms with Crippen molar-refractivity contribution in [1.29, 1.82) is 0 Å². The molecule has 0 radical (unpaired) electrons. The van der Waals surface area contributed by atoms with Gasteiger partial charge in [0.15, 0.2) is 0 Å². The Hall–Kier alpha value is -0.220. The number of hydrogen-bond acceptors (Lipinski definition) is 1. The first kappa shape index (κ1) is 11.3. The zero-order valence-corrected chi connectivity index (χ0v) is 10.8. The molecule has 0 fully saturated rings. The molecule has 0 nitrogen and oxygen atoms in total. The molecule has 1 aliphatic rings. The average Bonchev–Trinajstić information content (AvgIpc) is 2.42. The van der Waals surface area contributed by atoms with E-state index in [1.165, 1.54) is 11.3 Å². The van der Waals surface area contributed by atoms with Crippen molar-refractivity contribution >= 4 is 32.8 Å². The van der Waals surface area contributed by atoms with Gasteiger partial charge in [-0.3, -0.25) is 0 Å². The molecular weight excluding hydrogens is 282 g/mol. The van der Waals surface area contributed by atoms with Crippen molar-refractivity contribution in [3.8, 4) is 0 Å². The molecule has 82 valence electrons. The third-order valence-corrected chi connectivity index (χ3v) is 4.82. The molecule has 0 unspecified atom stereocenters. The summed E-state index contributed by atoms with van der Waals surface area (Å²) in [5.41, 5.74) is 2.83. The van der Waals surface area contributed by atoms with Gasteiger partial charge in [0, 0.05) is 17.7 Å². The van der Waals surface area contributed by atoms with Crippen LogP contribution in [0.2, 0.25) is 0 Å². The van der Waals surface area contributed by atoms with Gasteiger partial charge in [0.25, 0.3) is 5.92 Å². The lowest BCUT2D eigenvalue weighted by Crippen LogP contribution is -2.25. The molecule has 4 heteroatoms. The highest BCUT2D eigenvalue weighted by Crippen LogP contribution is 2.44. The Morgan fingerprint density at radius 3 is 2.73 bits per heavy atom. The van der Waals surface area contributed by atoms with Crippen LogP contribution in [0.5, 0.6) is 0 Å². The van der Waals surface area contributed by atoms with Gasteiger partial charge in [-0.2, -0.15) is 0 Å². The van der Waals surface area contributed by atoms with Gasteiger partial charge >= 0.3 is 0 Å². The molecule has 1 aliphatic carbocycles. The van der Waals surface area contributed by atoms with Crippen molar-refractivity contribution < 1.29 is 8.78 Å². The molecule has 0 aromatic carbocycles. The molecular formula is C11H11BrF2S. The number of fused-ring (bicyclic) bond motifs is 1. The Balaban J connectivity index is 2.49. The van der Waals surface area contributed by atoms with Crippen molar-refractivity contribution in [3.05, 3.63) is 26.4 Å². The van der Waals surface area contributed by atoms with Crippen LogP contribution in [0.25, 0.3) is 5.57 Å². The van der Waals surface area contributed by atoms with E-state index in [9.17, 15) is 8.78 Å². The first-order chi connectivity index (χ1) is 6.91. The molecule has 0 spiro atoms. The maximum Gasteiger partial charge on any atom is 0.252 e. The molecule has 0 amide bonds. The Labute approximate surface area is 100 Å². The summed E-state index contributed by atoms with van der Waals surface area (Å²) in [7, 11) is 0. The first-order valence-corrected chi connectivity index (χ1v) is 6.35. The highest BCUT2D eigenvalue weighted by Gasteiger charge is 2.37. The van der Waals surface area contributed by atoms with Crippen LogP contribution in [0, 0.1) is 0 Å². The van der Waals surface area contributed by atoms with E-state index in [0.717, 1.165) is 25.4 Å². The van der Waals surface area contributed by atoms with E-state index in [-0.39, 0.29) is 12.8 Å². The van der Waals surface area contributed by atoms with E-state index < -0.39 is 5.92 Å². The van der Waals surface area contributed by atoms with Crippen LogP contribution in [-0.2, 0) is 12.8 Å². The average molecular weight is 293 g/mol. The minimum Gasteiger partial charge on any atom is -0.207 e. The Kier molecular flexibility index (Phi) is 2.75. The molecule has 1 heterocycles. The van der Waals surface area contributed by atoms with Gasteiger partial charge in [0.1, 0.15) is 0 Å². The predicted molar refractivity (Wildman–Crippen MR) is 63.7 cm³/mol. The fourth-order valence-electron chi connectivity index (χ4n) is 1.91. The van der Waals surface area contributed by atoms with Crippen molar-refractivity contribution in [2.75, 3.05) is 0 Å². The lowest BCUT2D eigenvalue weighted by Gasteiger charge is -2.23. The standard InChI is InChI=1S/C11H11BrF2S/c1-6(2)9-7-3-4-11(13,14)5-8(7)10(12)15-9/h1,3-5H2,2H3. The lowest BCUT2D eigenvalue weighted by atomic mass is 9.90. The van der Waals surface area contributed by atoms with Gasteiger partial charge in [0.2, 0.25) is 0 Å². The second kappa shape index (κ2) is 3.67. The SMILES string of the molecule is C=C(C)c1sc(Br)c2c1CCC(F)(F)C2. The fraction of sp³-hybridized carbons (Fsp3) is 0.455. The van der Waals surface area contributed by atoms with Gasteiger partial charge in [-0.25, -0.2) is 8.78 Å². The van der Waals surface area contributed by atoms with Gasteiger partial charge in [-0.15, -0.1) is 11.3 Å². The van der Waals surface area contributed by atoms with Crippen LogP contribution in [0.15, 0.2) is 10.4 Å². The van der Waals surface area contributed by atoms with Crippen LogP contribution in [0.1, 0.15) is 29.3 Å². The fourth-order valence-corrected chi connectivity index (χ4v) is 3.79. The molecule has 0 bridgehead atoms. The Bertz CT molecular complexity index is 420. The van der Waals surface area contributed by atoms with Crippen LogP contribution in [0.4, 0.5) is 8.78 Å². The maximum absolute atomic E-state index is 13.2. The topological polar surface area (TPSA) is 0 Å². The van der Waals surface area contributed by atoms with Gasteiger partial charge in [-0.05, 0) is 46.0 Å². The molecule has 0 saturated heterocycles. The van der Waals surface area contributed by atoms with Crippen LogP contribution < -0.4 is 0 Å². The minimum atomic E-state index is -2.54. The van der Waals surface area contributed by atoms with Gasteiger partial charge < -0.3 is 0 Å². The predicted octanol–water partition coefficient (Wildman–Crippen LogP) is 4.67. The summed E-state index contributed by atoms with van der Waals surface area (Å²) < 4.78 is 27.3. The van der Waals surface area contributed by atoms with E-state index in [4.69, 9.17) is 0 Å². The number of allylic oxidation sites excluding steroid dienone is 1. The largest absolute Gasteiger partial charge is 0.252 e. The quantitative estimate of drug-likeness (QED) is 0.706. The summed E-state index contributed by atoms with van der Waals surface area (Å²) in [5, 5.41) is 0. The van der Waals surface area contributed by atoms with E-state index >= 15 is 0 Å². The van der Waals surface area contributed by atoms with Gasteiger partial charge in [-0.1, -0.05) is 6.58 Å². The van der Waals surface area contributed by atoms with Crippen molar-refractivity contribution in [2.45, 2.75) is 32.1 Å². The number of thiophene rings is 1. The van der Waals surface area contributed by atoms with Crippen molar-refractivity contribution in [1.82, 2.24) is 0 Å². The molecule has 0 aliphatic heterocycles. The van der Waals surface area contributed by atoms with E-state index in [0.29, 0.717) is 6.42 Å². The molecule has 1 aromatic heterocycles. The highest BCUT2D eigenvalue weighted by atomic mass is 79.9. The van der Waals surface area contributed by atoms with E-state index in [1.807, 2.05) is 6.92 Å². The van der Waals surface area contributed by atoms with E-state index in [2.05, 4.69) is 22.5 Å². The smallest absolute Gasteiger partial charge is 0.207 e. The van der Waals surface area contributed by atoms with E-state index in [1.54, 1.807) is 0 Å². The second-order valence-corrected chi connectivity index (χ2v) is 6.31. The number of halogens is 3. The number of rotatable bonds is 1. The molecule has 0 atom stereocenters.